The number of carbonyl (C=O) groups excluding carboxylic acids is 1. The van der Waals surface area contributed by atoms with Gasteiger partial charge in [-0.3, -0.25) is 4.79 Å². The van der Waals surface area contributed by atoms with E-state index in [0.717, 1.165) is 38.1 Å². The first-order chi connectivity index (χ1) is 15.2. The third kappa shape index (κ3) is 5.21. The fraction of sp³-hybridized carbons (Fsp3) is 0.174. The van der Waals surface area contributed by atoms with Crippen LogP contribution in [0.25, 0.3) is 16.8 Å². The molecule has 2 heterocycles. The number of nitrogens with zero attached hydrogens (tertiary/aromatic N) is 3. The lowest BCUT2D eigenvalue weighted by Gasteiger charge is -2.06. The average Bonchev–Trinajstić information content (AvgIpc) is 3.23. The Balaban J connectivity index is 1.47. The number of carbonyl (C=O) groups is 1. The number of fused-ring (bicyclic) bond motifs is 1. The van der Waals surface area contributed by atoms with Crippen molar-refractivity contribution in [3.8, 4) is 17.0 Å². The maximum absolute atomic E-state index is 12.4. The third-order valence-corrected chi connectivity index (χ3v) is 6.23. The molecule has 2 aromatic heterocycles. The van der Waals surface area contributed by atoms with E-state index >= 15 is 0 Å². The number of anilines is 1. The van der Waals surface area contributed by atoms with Gasteiger partial charge in [-0.15, -0.1) is 11.8 Å². The summed E-state index contributed by atoms with van der Waals surface area (Å²) in [5.41, 5.74) is 3.50. The molecular formula is C23H22N4O2S2. The van der Waals surface area contributed by atoms with Crippen LogP contribution in [0, 0.1) is 0 Å². The Morgan fingerprint density at radius 2 is 2.00 bits per heavy atom. The van der Waals surface area contributed by atoms with Crippen LogP contribution in [-0.4, -0.2) is 39.1 Å². The SMILES string of the molecule is CCOc1ccc(-c2cc3c(SCC(=O)Nc4cccc(SC)c4)nccn3n2)cc1. The monoisotopic (exact) mass is 450 g/mol. The van der Waals surface area contributed by atoms with Crippen molar-refractivity contribution in [1.29, 1.82) is 0 Å². The van der Waals surface area contributed by atoms with Gasteiger partial charge in [0.05, 0.1) is 23.6 Å². The van der Waals surface area contributed by atoms with E-state index in [1.54, 1.807) is 22.5 Å². The van der Waals surface area contributed by atoms with Crippen molar-refractivity contribution >= 4 is 40.6 Å². The third-order valence-electron chi connectivity index (χ3n) is 4.51. The predicted molar refractivity (Wildman–Crippen MR) is 127 cm³/mol. The quantitative estimate of drug-likeness (QED) is 0.370. The molecule has 4 rings (SSSR count). The van der Waals surface area contributed by atoms with E-state index < -0.39 is 0 Å². The fourth-order valence-electron chi connectivity index (χ4n) is 3.07. The Morgan fingerprint density at radius 3 is 2.77 bits per heavy atom. The molecule has 0 spiro atoms. The van der Waals surface area contributed by atoms with Gasteiger partial charge < -0.3 is 10.1 Å². The zero-order valence-corrected chi connectivity index (χ0v) is 18.9. The van der Waals surface area contributed by atoms with Crippen LogP contribution in [0.2, 0.25) is 0 Å². The largest absolute Gasteiger partial charge is 0.494 e. The molecule has 0 saturated carbocycles. The lowest BCUT2D eigenvalue weighted by Crippen LogP contribution is -2.14. The highest BCUT2D eigenvalue weighted by atomic mass is 32.2. The van der Waals surface area contributed by atoms with Crippen molar-refractivity contribution in [2.75, 3.05) is 23.9 Å². The molecule has 0 aliphatic rings. The van der Waals surface area contributed by atoms with Crippen LogP contribution < -0.4 is 10.1 Å². The summed E-state index contributed by atoms with van der Waals surface area (Å²) in [7, 11) is 0. The summed E-state index contributed by atoms with van der Waals surface area (Å²) >= 11 is 3.04. The first kappa shape index (κ1) is 21.3. The predicted octanol–water partition coefficient (Wildman–Crippen LogP) is 5.25. The molecule has 0 unspecified atom stereocenters. The van der Waals surface area contributed by atoms with Crippen molar-refractivity contribution < 1.29 is 9.53 Å². The van der Waals surface area contributed by atoms with Crippen molar-refractivity contribution in [1.82, 2.24) is 14.6 Å². The van der Waals surface area contributed by atoms with E-state index in [-0.39, 0.29) is 11.7 Å². The van der Waals surface area contributed by atoms with E-state index in [1.807, 2.05) is 74.0 Å². The summed E-state index contributed by atoms with van der Waals surface area (Å²) < 4.78 is 7.30. The second-order valence-corrected chi connectivity index (χ2v) is 8.46. The number of amides is 1. The van der Waals surface area contributed by atoms with Crippen LogP contribution in [0.15, 0.2) is 76.9 Å². The molecule has 8 heteroatoms. The number of hydrogen-bond donors (Lipinski definition) is 1. The molecule has 0 aliphatic carbocycles. The van der Waals surface area contributed by atoms with E-state index in [4.69, 9.17) is 4.74 Å². The Bertz CT molecular complexity index is 1190. The average molecular weight is 451 g/mol. The lowest BCUT2D eigenvalue weighted by atomic mass is 10.1. The van der Waals surface area contributed by atoms with Crippen LogP contribution in [0.5, 0.6) is 5.75 Å². The zero-order valence-electron chi connectivity index (χ0n) is 17.2. The first-order valence-corrected chi connectivity index (χ1v) is 12.0. The first-order valence-electron chi connectivity index (χ1n) is 9.80. The molecule has 0 radical (unpaired) electrons. The van der Waals surface area contributed by atoms with Crippen LogP contribution >= 0.6 is 23.5 Å². The minimum Gasteiger partial charge on any atom is -0.494 e. The van der Waals surface area contributed by atoms with E-state index in [9.17, 15) is 4.79 Å². The highest BCUT2D eigenvalue weighted by molar-refractivity contribution is 8.00. The van der Waals surface area contributed by atoms with Gasteiger partial charge in [0.1, 0.15) is 10.8 Å². The van der Waals surface area contributed by atoms with E-state index in [2.05, 4.69) is 15.4 Å². The Hall–Kier alpha value is -2.97. The number of benzene rings is 2. The van der Waals surface area contributed by atoms with Gasteiger partial charge in [0.2, 0.25) is 5.91 Å². The Kier molecular flexibility index (Phi) is 6.79. The minimum atomic E-state index is -0.0710. The van der Waals surface area contributed by atoms with Gasteiger partial charge in [0.25, 0.3) is 0 Å². The molecule has 0 aliphatic heterocycles. The molecule has 0 bridgehead atoms. The fourth-order valence-corrected chi connectivity index (χ4v) is 4.31. The van der Waals surface area contributed by atoms with Gasteiger partial charge in [0, 0.05) is 28.5 Å². The van der Waals surface area contributed by atoms with Gasteiger partial charge in [-0.05, 0) is 61.7 Å². The summed E-state index contributed by atoms with van der Waals surface area (Å²) in [5, 5.41) is 8.36. The zero-order chi connectivity index (χ0) is 21.6. The van der Waals surface area contributed by atoms with Gasteiger partial charge in [0.15, 0.2) is 0 Å². The van der Waals surface area contributed by atoms with E-state index in [0.29, 0.717) is 6.61 Å². The molecule has 31 heavy (non-hydrogen) atoms. The smallest absolute Gasteiger partial charge is 0.234 e. The Morgan fingerprint density at radius 1 is 1.16 bits per heavy atom. The summed E-state index contributed by atoms with van der Waals surface area (Å²) in [5.74, 6) is 1.03. The molecule has 158 valence electrons. The highest BCUT2D eigenvalue weighted by Gasteiger charge is 2.12. The Labute approximate surface area is 189 Å². The maximum atomic E-state index is 12.4. The van der Waals surface area contributed by atoms with Gasteiger partial charge in [-0.1, -0.05) is 17.8 Å². The molecular weight excluding hydrogens is 428 g/mol. The number of hydrogen-bond acceptors (Lipinski definition) is 6. The number of nitrogens with one attached hydrogen (secondary N) is 1. The molecule has 0 atom stereocenters. The lowest BCUT2D eigenvalue weighted by molar-refractivity contribution is -0.113. The highest BCUT2D eigenvalue weighted by Crippen LogP contribution is 2.27. The van der Waals surface area contributed by atoms with E-state index in [1.165, 1.54) is 11.8 Å². The standard InChI is InChI=1S/C23H22N4O2S2/c1-3-29-18-9-7-16(8-10-18)20-14-21-23(24-11-12-27(21)26-20)31-15-22(28)25-17-5-4-6-19(13-17)30-2/h4-14H,3,15H2,1-2H3,(H,25,28). The van der Waals surface area contributed by atoms with Crippen molar-refractivity contribution in [2.45, 2.75) is 16.8 Å². The molecule has 2 aromatic carbocycles. The second kappa shape index (κ2) is 9.89. The number of ether oxygens (including phenoxy) is 1. The van der Waals surface area contributed by atoms with Crippen molar-refractivity contribution in [3.05, 3.63) is 67.0 Å². The summed E-state index contributed by atoms with van der Waals surface area (Å²) in [6.07, 6.45) is 5.52. The second-order valence-electron chi connectivity index (χ2n) is 6.62. The molecule has 0 fully saturated rings. The van der Waals surface area contributed by atoms with Crippen LogP contribution in [0.4, 0.5) is 5.69 Å². The molecule has 1 N–H and O–H groups in total. The summed E-state index contributed by atoms with van der Waals surface area (Å²) in [4.78, 5) is 18.0. The summed E-state index contributed by atoms with van der Waals surface area (Å²) in [6, 6.07) is 17.7. The minimum absolute atomic E-state index is 0.0710. The van der Waals surface area contributed by atoms with Crippen molar-refractivity contribution in [2.24, 2.45) is 0 Å². The number of thioether (sulfide) groups is 2. The molecule has 0 saturated heterocycles. The van der Waals surface area contributed by atoms with Crippen LogP contribution in [0.1, 0.15) is 6.92 Å². The number of rotatable bonds is 8. The van der Waals surface area contributed by atoms with Gasteiger partial charge in [-0.2, -0.15) is 5.10 Å². The maximum Gasteiger partial charge on any atom is 0.234 e. The van der Waals surface area contributed by atoms with Gasteiger partial charge in [-0.25, -0.2) is 9.50 Å². The molecule has 4 aromatic rings. The number of aromatic nitrogens is 3. The topological polar surface area (TPSA) is 68.5 Å². The van der Waals surface area contributed by atoms with Crippen molar-refractivity contribution in [3.63, 3.8) is 0 Å². The van der Waals surface area contributed by atoms with Crippen LogP contribution in [0.3, 0.4) is 0 Å². The van der Waals surface area contributed by atoms with Crippen LogP contribution in [-0.2, 0) is 4.79 Å². The molecule has 6 nitrogen and oxygen atoms in total. The summed E-state index contributed by atoms with van der Waals surface area (Å²) in [6.45, 7) is 2.60. The van der Waals surface area contributed by atoms with Gasteiger partial charge >= 0.3 is 0 Å². The molecule has 1 amide bonds. The normalized spacial score (nSPS) is 10.9.